The normalized spacial score (nSPS) is 21.3. The Morgan fingerprint density at radius 1 is 1.06 bits per heavy atom. The third-order valence-electron chi connectivity index (χ3n) is 5.24. The molecule has 5 nitrogen and oxygen atoms in total. The van der Waals surface area contributed by atoms with E-state index in [4.69, 9.17) is 16.3 Å². The summed E-state index contributed by atoms with van der Waals surface area (Å²) in [7, 11) is 0. The molecule has 3 rings (SSSR count). The Balaban J connectivity index is 1.56. The lowest BCUT2D eigenvalue weighted by Gasteiger charge is -2.22. The SMILES string of the molecule is O=C(C[C@@H]1C/C=C/CCC(=O)OC(c2ccccc2)CNC1)NCc1ccc(Cl)cc1. The summed E-state index contributed by atoms with van der Waals surface area (Å²) >= 11 is 5.91. The maximum atomic E-state index is 12.5. The van der Waals surface area contributed by atoms with Crippen LogP contribution in [0.1, 0.15) is 42.9 Å². The van der Waals surface area contributed by atoms with E-state index < -0.39 is 0 Å². The zero-order valence-electron chi connectivity index (χ0n) is 17.6. The molecule has 1 unspecified atom stereocenters. The Kier molecular flexibility index (Phi) is 9.13. The van der Waals surface area contributed by atoms with E-state index in [-0.39, 0.29) is 23.9 Å². The smallest absolute Gasteiger partial charge is 0.306 e. The van der Waals surface area contributed by atoms with Crippen molar-refractivity contribution < 1.29 is 14.3 Å². The van der Waals surface area contributed by atoms with Crippen LogP contribution in [-0.2, 0) is 20.9 Å². The summed E-state index contributed by atoms with van der Waals surface area (Å²) in [4.78, 5) is 24.7. The Morgan fingerprint density at radius 2 is 1.84 bits per heavy atom. The molecule has 164 valence electrons. The lowest BCUT2D eigenvalue weighted by Crippen LogP contribution is -2.33. The van der Waals surface area contributed by atoms with Gasteiger partial charge in [-0.1, -0.05) is 66.2 Å². The van der Waals surface area contributed by atoms with Crippen LogP contribution < -0.4 is 10.6 Å². The zero-order chi connectivity index (χ0) is 21.9. The molecule has 0 aromatic heterocycles. The van der Waals surface area contributed by atoms with Crippen LogP contribution >= 0.6 is 11.6 Å². The van der Waals surface area contributed by atoms with E-state index in [0.717, 1.165) is 17.5 Å². The highest BCUT2D eigenvalue weighted by atomic mass is 35.5. The predicted octanol–water partition coefficient (Wildman–Crippen LogP) is 4.58. The van der Waals surface area contributed by atoms with Crippen molar-refractivity contribution in [3.8, 4) is 0 Å². The van der Waals surface area contributed by atoms with Crippen molar-refractivity contribution in [2.24, 2.45) is 5.92 Å². The molecule has 2 N–H and O–H groups in total. The van der Waals surface area contributed by atoms with Gasteiger partial charge in [-0.15, -0.1) is 0 Å². The first-order valence-corrected chi connectivity index (χ1v) is 11.1. The number of hydrogen-bond donors (Lipinski definition) is 2. The highest BCUT2D eigenvalue weighted by Gasteiger charge is 2.19. The van der Waals surface area contributed by atoms with Crippen LogP contribution in [0.3, 0.4) is 0 Å². The van der Waals surface area contributed by atoms with Crippen LogP contribution in [-0.4, -0.2) is 25.0 Å². The minimum absolute atomic E-state index is 0.0216. The van der Waals surface area contributed by atoms with E-state index in [0.29, 0.717) is 43.9 Å². The van der Waals surface area contributed by atoms with Gasteiger partial charge in [-0.3, -0.25) is 9.59 Å². The van der Waals surface area contributed by atoms with Crippen LogP contribution in [0.4, 0.5) is 0 Å². The first-order valence-electron chi connectivity index (χ1n) is 10.7. The summed E-state index contributed by atoms with van der Waals surface area (Å²) < 4.78 is 5.70. The quantitative estimate of drug-likeness (QED) is 0.527. The van der Waals surface area contributed by atoms with Gasteiger partial charge < -0.3 is 15.4 Å². The minimum Gasteiger partial charge on any atom is -0.456 e. The van der Waals surface area contributed by atoms with E-state index in [1.165, 1.54) is 0 Å². The van der Waals surface area contributed by atoms with Gasteiger partial charge in [0, 0.05) is 31.0 Å². The van der Waals surface area contributed by atoms with Crippen molar-refractivity contribution in [3.63, 3.8) is 0 Å². The van der Waals surface area contributed by atoms with Crippen molar-refractivity contribution >= 4 is 23.5 Å². The number of esters is 1. The van der Waals surface area contributed by atoms with Crippen LogP contribution in [0.5, 0.6) is 0 Å². The number of carbonyl (C=O) groups excluding carboxylic acids is 2. The fraction of sp³-hybridized carbons (Fsp3) is 0.360. The molecule has 0 saturated heterocycles. The monoisotopic (exact) mass is 440 g/mol. The molecule has 1 amide bonds. The lowest BCUT2D eigenvalue weighted by molar-refractivity contribution is -0.149. The molecule has 0 bridgehead atoms. The van der Waals surface area contributed by atoms with Crippen molar-refractivity contribution in [1.82, 2.24) is 10.6 Å². The molecular weight excluding hydrogens is 412 g/mol. The average Bonchev–Trinajstić information content (AvgIpc) is 2.77. The van der Waals surface area contributed by atoms with Gasteiger partial charge in [-0.05, 0) is 48.6 Å². The molecule has 0 spiro atoms. The topological polar surface area (TPSA) is 67.4 Å². The lowest BCUT2D eigenvalue weighted by atomic mass is 9.99. The summed E-state index contributed by atoms with van der Waals surface area (Å²) in [6, 6.07) is 17.2. The molecule has 0 saturated carbocycles. The second-order valence-electron chi connectivity index (χ2n) is 7.77. The highest BCUT2D eigenvalue weighted by Crippen LogP contribution is 2.19. The van der Waals surface area contributed by atoms with E-state index >= 15 is 0 Å². The number of hydrogen-bond acceptors (Lipinski definition) is 4. The second kappa shape index (κ2) is 12.3. The van der Waals surface area contributed by atoms with Crippen LogP contribution in [0.25, 0.3) is 0 Å². The minimum atomic E-state index is -0.337. The van der Waals surface area contributed by atoms with Crippen molar-refractivity contribution in [2.45, 2.75) is 38.3 Å². The maximum Gasteiger partial charge on any atom is 0.306 e. The van der Waals surface area contributed by atoms with Gasteiger partial charge in [0.05, 0.1) is 0 Å². The number of allylic oxidation sites excluding steroid dienone is 2. The highest BCUT2D eigenvalue weighted by molar-refractivity contribution is 6.30. The fourth-order valence-electron chi connectivity index (χ4n) is 3.52. The van der Waals surface area contributed by atoms with Crippen molar-refractivity contribution in [1.29, 1.82) is 0 Å². The first kappa shape index (κ1) is 23.0. The van der Waals surface area contributed by atoms with Gasteiger partial charge in [-0.25, -0.2) is 0 Å². The van der Waals surface area contributed by atoms with Crippen LogP contribution in [0, 0.1) is 5.92 Å². The number of nitrogens with one attached hydrogen (secondary N) is 2. The first-order chi connectivity index (χ1) is 15.1. The van der Waals surface area contributed by atoms with Crippen LogP contribution in [0.15, 0.2) is 66.7 Å². The molecular formula is C25H29ClN2O3. The Bertz CT molecular complexity index is 868. The number of halogens is 1. The molecule has 31 heavy (non-hydrogen) atoms. The van der Waals surface area contributed by atoms with Gasteiger partial charge in [0.1, 0.15) is 6.10 Å². The van der Waals surface area contributed by atoms with E-state index in [1.807, 2.05) is 60.7 Å². The Labute approximate surface area is 188 Å². The third-order valence-corrected chi connectivity index (χ3v) is 5.49. The number of cyclic esters (lactones) is 1. The molecule has 2 aromatic rings. The second-order valence-corrected chi connectivity index (χ2v) is 8.20. The predicted molar refractivity (Wildman–Crippen MR) is 123 cm³/mol. The zero-order valence-corrected chi connectivity index (χ0v) is 18.3. The molecule has 2 atom stereocenters. The van der Waals surface area contributed by atoms with Gasteiger partial charge in [0.15, 0.2) is 0 Å². The number of rotatable bonds is 5. The standard InChI is InChI=1S/C25H29ClN2O3/c26-22-13-11-19(12-14-22)17-28-24(29)15-20-7-3-1-6-10-25(30)31-23(18-27-16-20)21-8-4-2-5-9-21/h1-5,8-9,11-14,20,23,27H,6-7,10,15-18H2,(H,28,29)/b3-1+/t20-,23?/m0/s1. The van der Waals surface area contributed by atoms with Crippen molar-refractivity contribution in [2.75, 3.05) is 13.1 Å². The summed E-state index contributed by atoms with van der Waals surface area (Å²) in [5.74, 6) is -0.0136. The molecule has 1 heterocycles. The fourth-order valence-corrected chi connectivity index (χ4v) is 3.64. The maximum absolute atomic E-state index is 12.5. The number of ether oxygens (including phenoxy) is 1. The summed E-state index contributed by atoms with van der Waals surface area (Å²) in [6.45, 7) is 1.67. The van der Waals surface area contributed by atoms with E-state index in [1.54, 1.807) is 0 Å². The summed E-state index contributed by atoms with van der Waals surface area (Å²) in [6.07, 6.45) is 5.93. The third kappa shape index (κ3) is 8.19. The van der Waals surface area contributed by atoms with E-state index in [2.05, 4.69) is 16.7 Å². The summed E-state index contributed by atoms with van der Waals surface area (Å²) in [5, 5.41) is 7.07. The van der Waals surface area contributed by atoms with Gasteiger partial charge >= 0.3 is 5.97 Å². The molecule has 1 aliphatic heterocycles. The number of benzene rings is 2. The van der Waals surface area contributed by atoms with Gasteiger partial charge in [-0.2, -0.15) is 0 Å². The number of amides is 1. The summed E-state index contributed by atoms with van der Waals surface area (Å²) in [5.41, 5.74) is 1.98. The Hall–Kier alpha value is -2.63. The molecule has 6 heteroatoms. The largest absolute Gasteiger partial charge is 0.456 e. The number of carbonyl (C=O) groups is 2. The van der Waals surface area contributed by atoms with Gasteiger partial charge in [0.2, 0.25) is 5.91 Å². The van der Waals surface area contributed by atoms with Crippen LogP contribution in [0.2, 0.25) is 5.02 Å². The molecule has 2 aromatic carbocycles. The molecule has 1 aliphatic rings. The Morgan fingerprint density at radius 3 is 2.61 bits per heavy atom. The molecule has 0 radical (unpaired) electrons. The molecule has 0 fully saturated rings. The van der Waals surface area contributed by atoms with E-state index in [9.17, 15) is 9.59 Å². The van der Waals surface area contributed by atoms with Gasteiger partial charge in [0.25, 0.3) is 0 Å². The van der Waals surface area contributed by atoms with Crippen molar-refractivity contribution in [3.05, 3.63) is 82.9 Å². The molecule has 0 aliphatic carbocycles. The average molecular weight is 441 g/mol.